The standard InChI is InChI=1S/C25H22F3N3O3/c1-3-30-13(2)17(15-11-7-8-12-16(15)30)18-21(32)19(22(18)33)20-23(25(26,27)28)29-31(24(20)34)14-9-5-4-6-10-14/h4-12,18-19,21-22,29H,3H2,1-2H3/q-2. The van der Waals surface area contributed by atoms with Crippen molar-refractivity contribution in [2.45, 2.75) is 50.6 Å². The van der Waals surface area contributed by atoms with Gasteiger partial charge in [0.1, 0.15) is 5.69 Å². The molecule has 1 saturated carbocycles. The summed E-state index contributed by atoms with van der Waals surface area (Å²) in [6, 6.07) is 15.1. The molecule has 6 nitrogen and oxygen atoms in total. The topological polar surface area (TPSA) is 88.8 Å². The zero-order valence-corrected chi connectivity index (χ0v) is 18.5. The maximum atomic E-state index is 13.9. The molecule has 178 valence electrons. The van der Waals surface area contributed by atoms with Crippen molar-refractivity contribution >= 4 is 10.9 Å². The van der Waals surface area contributed by atoms with E-state index in [1.165, 1.54) is 12.1 Å². The van der Waals surface area contributed by atoms with E-state index in [0.29, 0.717) is 12.1 Å². The Morgan fingerprint density at radius 2 is 1.53 bits per heavy atom. The van der Waals surface area contributed by atoms with Gasteiger partial charge in [0.15, 0.2) is 0 Å². The van der Waals surface area contributed by atoms with Gasteiger partial charge in [-0.15, -0.1) is 12.2 Å². The van der Waals surface area contributed by atoms with Crippen molar-refractivity contribution in [2.75, 3.05) is 0 Å². The molecule has 1 aliphatic carbocycles. The summed E-state index contributed by atoms with van der Waals surface area (Å²) in [6.45, 7) is 4.37. The van der Waals surface area contributed by atoms with Gasteiger partial charge in [-0.05, 0) is 49.4 Å². The monoisotopic (exact) mass is 469 g/mol. The van der Waals surface area contributed by atoms with Crippen LogP contribution in [-0.2, 0) is 12.7 Å². The van der Waals surface area contributed by atoms with E-state index in [9.17, 15) is 28.2 Å². The number of nitrogens with zero attached hydrogens (tertiary/aromatic N) is 2. The van der Waals surface area contributed by atoms with Crippen LogP contribution in [0.5, 0.6) is 0 Å². The number of H-pyrrole nitrogens is 1. The molecule has 0 radical (unpaired) electrons. The Hall–Kier alpha value is -3.30. The van der Waals surface area contributed by atoms with Crippen LogP contribution in [0.15, 0.2) is 59.4 Å². The molecule has 2 aromatic carbocycles. The van der Waals surface area contributed by atoms with Gasteiger partial charge in [-0.1, -0.05) is 36.4 Å². The fraction of sp³-hybridized carbons (Fsp3) is 0.320. The van der Waals surface area contributed by atoms with E-state index in [2.05, 4.69) is 5.10 Å². The van der Waals surface area contributed by atoms with Crippen molar-refractivity contribution in [1.82, 2.24) is 14.3 Å². The fourth-order valence-corrected chi connectivity index (χ4v) is 5.35. The molecule has 1 aliphatic rings. The summed E-state index contributed by atoms with van der Waals surface area (Å²) in [5, 5.41) is 29.6. The molecule has 5 rings (SSSR count). The number of nitrogens with one attached hydrogen (secondary N) is 1. The highest BCUT2D eigenvalue weighted by Crippen LogP contribution is 2.50. The third kappa shape index (κ3) is 3.14. The predicted octanol–water partition coefficient (Wildman–Crippen LogP) is 2.81. The average molecular weight is 469 g/mol. The largest absolute Gasteiger partial charge is 0.851 e. The normalized spacial score (nSPS) is 22.8. The molecule has 0 bridgehead atoms. The molecule has 0 aliphatic heterocycles. The lowest BCUT2D eigenvalue weighted by Gasteiger charge is -2.61. The van der Waals surface area contributed by atoms with Gasteiger partial charge >= 0.3 is 6.18 Å². The van der Waals surface area contributed by atoms with Crippen molar-refractivity contribution in [3.05, 3.63) is 87.5 Å². The predicted molar refractivity (Wildman–Crippen MR) is 117 cm³/mol. The first kappa shape index (κ1) is 22.5. The summed E-state index contributed by atoms with van der Waals surface area (Å²) in [5.74, 6) is -2.64. The van der Waals surface area contributed by atoms with Gasteiger partial charge in [-0.3, -0.25) is 9.89 Å². The highest BCUT2D eigenvalue weighted by Gasteiger charge is 2.48. The number of benzene rings is 2. The number of fused-ring (bicyclic) bond motifs is 1. The van der Waals surface area contributed by atoms with E-state index in [1.807, 2.05) is 36.6 Å². The van der Waals surface area contributed by atoms with Crippen LogP contribution >= 0.6 is 0 Å². The van der Waals surface area contributed by atoms with Gasteiger partial charge in [-0.25, -0.2) is 4.68 Å². The van der Waals surface area contributed by atoms with Crippen LogP contribution < -0.4 is 15.8 Å². The van der Waals surface area contributed by atoms with Gasteiger partial charge in [0.2, 0.25) is 0 Å². The van der Waals surface area contributed by atoms with Crippen LogP contribution in [0.25, 0.3) is 16.6 Å². The summed E-state index contributed by atoms with van der Waals surface area (Å²) in [6.07, 6.45) is -8.27. The summed E-state index contributed by atoms with van der Waals surface area (Å²) >= 11 is 0. The van der Waals surface area contributed by atoms with Crippen molar-refractivity contribution in [3.8, 4) is 5.69 Å². The Bertz CT molecular complexity index is 1410. The van der Waals surface area contributed by atoms with Crippen LogP contribution in [0.3, 0.4) is 0 Å². The maximum absolute atomic E-state index is 13.9. The molecule has 0 spiro atoms. The molecule has 2 aromatic heterocycles. The van der Waals surface area contributed by atoms with Crippen LogP contribution in [0.4, 0.5) is 13.2 Å². The molecule has 0 amide bonds. The number of hydrogen-bond acceptors (Lipinski definition) is 3. The van der Waals surface area contributed by atoms with E-state index in [4.69, 9.17) is 0 Å². The Balaban J connectivity index is 1.62. The zero-order valence-electron chi connectivity index (χ0n) is 18.5. The molecule has 0 saturated heterocycles. The number of aromatic nitrogens is 3. The first-order chi connectivity index (χ1) is 16.2. The first-order valence-corrected chi connectivity index (χ1v) is 11.0. The number of rotatable bonds is 4. The van der Waals surface area contributed by atoms with Crippen molar-refractivity contribution in [2.24, 2.45) is 0 Å². The zero-order chi connectivity index (χ0) is 24.4. The highest BCUT2D eigenvalue weighted by molar-refractivity contribution is 5.86. The summed E-state index contributed by atoms with van der Waals surface area (Å²) in [5.41, 5.74) is -0.752. The number of halogens is 3. The van der Waals surface area contributed by atoms with Crippen molar-refractivity contribution in [3.63, 3.8) is 0 Å². The quantitative estimate of drug-likeness (QED) is 0.499. The molecule has 34 heavy (non-hydrogen) atoms. The summed E-state index contributed by atoms with van der Waals surface area (Å²) in [4.78, 5) is 13.1. The van der Waals surface area contributed by atoms with E-state index in [-0.39, 0.29) is 5.69 Å². The number of aryl methyl sites for hydroxylation is 1. The van der Waals surface area contributed by atoms with Gasteiger partial charge < -0.3 is 14.8 Å². The lowest BCUT2D eigenvalue weighted by Crippen LogP contribution is -2.64. The van der Waals surface area contributed by atoms with Crippen LogP contribution in [-0.4, -0.2) is 26.6 Å². The number of hydrogen-bond donors (Lipinski definition) is 1. The SMILES string of the molecule is CCn1c(C)c(C2C([O-])C(c3c(C(F)(F)F)[nH]n(-c4ccccc4)c3=O)C2[O-])c2ccccc21. The molecule has 2 heterocycles. The van der Waals surface area contributed by atoms with Gasteiger partial charge in [0, 0.05) is 23.1 Å². The molecular formula is C25H22F3N3O3-2. The Kier molecular flexibility index (Phi) is 5.22. The molecule has 1 fully saturated rings. The number of para-hydroxylation sites is 2. The second kappa shape index (κ2) is 7.89. The maximum Gasteiger partial charge on any atom is 0.433 e. The molecule has 4 aromatic rings. The lowest BCUT2D eigenvalue weighted by molar-refractivity contribution is -0.536. The van der Waals surface area contributed by atoms with E-state index in [0.717, 1.165) is 21.3 Å². The molecule has 2 unspecified atom stereocenters. The van der Waals surface area contributed by atoms with Crippen LogP contribution in [0.2, 0.25) is 0 Å². The number of aromatic amines is 1. The average Bonchev–Trinajstić information content (AvgIpc) is 3.29. The van der Waals surface area contributed by atoms with Gasteiger partial charge in [0.05, 0.1) is 11.3 Å². The Morgan fingerprint density at radius 1 is 0.941 bits per heavy atom. The lowest BCUT2D eigenvalue weighted by atomic mass is 9.62. The van der Waals surface area contributed by atoms with E-state index >= 15 is 0 Å². The van der Waals surface area contributed by atoms with Gasteiger partial charge in [-0.2, -0.15) is 13.2 Å². The first-order valence-electron chi connectivity index (χ1n) is 11.0. The Morgan fingerprint density at radius 3 is 2.15 bits per heavy atom. The minimum absolute atomic E-state index is 0.187. The van der Waals surface area contributed by atoms with Crippen LogP contribution in [0, 0.1) is 6.92 Å². The van der Waals surface area contributed by atoms with E-state index in [1.54, 1.807) is 24.3 Å². The second-order valence-corrected chi connectivity index (χ2v) is 8.62. The molecule has 1 N–H and O–H groups in total. The summed E-state index contributed by atoms with van der Waals surface area (Å²) in [7, 11) is 0. The fourth-order valence-electron chi connectivity index (χ4n) is 5.35. The highest BCUT2D eigenvalue weighted by atomic mass is 19.4. The molecular weight excluding hydrogens is 447 g/mol. The van der Waals surface area contributed by atoms with Gasteiger partial charge in [0.25, 0.3) is 5.56 Å². The Labute approximate surface area is 192 Å². The summed E-state index contributed by atoms with van der Waals surface area (Å²) < 4.78 is 44.4. The van der Waals surface area contributed by atoms with Crippen LogP contribution in [0.1, 0.15) is 41.3 Å². The van der Waals surface area contributed by atoms with Crippen molar-refractivity contribution in [1.29, 1.82) is 0 Å². The minimum Gasteiger partial charge on any atom is -0.851 e. The smallest absolute Gasteiger partial charge is 0.433 e. The second-order valence-electron chi connectivity index (χ2n) is 8.62. The minimum atomic E-state index is -4.92. The van der Waals surface area contributed by atoms with Crippen molar-refractivity contribution < 1.29 is 23.4 Å². The number of alkyl halides is 3. The third-order valence-corrected chi connectivity index (χ3v) is 6.90. The third-order valence-electron chi connectivity index (χ3n) is 6.90. The van der Waals surface area contributed by atoms with E-state index < -0.39 is 47.0 Å². The molecule has 2 atom stereocenters. The molecule has 9 heteroatoms.